The lowest BCUT2D eigenvalue weighted by atomic mass is 10.0. The molecule has 0 radical (unpaired) electrons. The standard InChI is InChI=1S/C63H126N2O8Si/c1-8-12-16-20-24-28-32-36-44-56(66)52-64(53-57(67)45-37-33-29-25-21-17-13-9-2)50-42-40-48-60-62(69)72-61(63(70)71-60)49-41-43-51-65(54-58(68)46-38-34-30-26-22-18-14-10-3)55-59(73-74(5,6)7)47-39-35-31-27-23-19-15-11-4/h56-61,66-68H,8-55H2,1-7H3/t56-,57-,58-,59?,60?,61?/m1/s1. The van der Waals surface area contributed by atoms with E-state index in [1.807, 2.05) is 0 Å². The number of unbranched alkanes of at least 4 members (excludes halogenated alkanes) is 30. The maximum absolute atomic E-state index is 13.3. The molecule has 0 aromatic rings. The number of hydrogen-bond acceptors (Lipinski definition) is 10. The molecule has 1 heterocycles. The van der Waals surface area contributed by atoms with Crippen molar-refractivity contribution in [2.45, 2.75) is 354 Å². The number of carbonyl (C=O) groups excluding carboxylic acids is 2. The summed E-state index contributed by atoms with van der Waals surface area (Å²) in [5.41, 5.74) is 0. The summed E-state index contributed by atoms with van der Waals surface area (Å²) in [7, 11) is -1.80. The first-order valence-corrected chi connectivity index (χ1v) is 35.8. The predicted molar refractivity (Wildman–Crippen MR) is 315 cm³/mol. The van der Waals surface area contributed by atoms with Gasteiger partial charge in [0, 0.05) is 26.2 Å². The monoisotopic (exact) mass is 1070 g/mol. The molecule has 1 aliphatic rings. The highest BCUT2D eigenvalue weighted by molar-refractivity contribution is 6.69. The van der Waals surface area contributed by atoms with E-state index in [4.69, 9.17) is 13.9 Å². The minimum absolute atomic E-state index is 0.138. The van der Waals surface area contributed by atoms with Crippen molar-refractivity contribution in [2.24, 2.45) is 0 Å². The molecule has 1 fully saturated rings. The Morgan fingerprint density at radius 1 is 0.392 bits per heavy atom. The summed E-state index contributed by atoms with van der Waals surface area (Å²) in [5.74, 6) is -0.901. The molecular weight excluding hydrogens is 941 g/mol. The van der Waals surface area contributed by atoms with Gasteiger partial charge >= 0.3 is 11.9 Å². The number of esters is 2. The van der Waals surface area contributed by atoms with Crippen LogP contribution < -0.4 is 0 Å². The molecule has 0 amide bonds. The fourth-order valence-electron chi connectivity index (χ4n) is 10.9. The van der Waals surface area contributed by atoms with Gasteiger partial charge in [0.15, 0.2) is 20.5 Å². The Balaban J connectivity index is 2.74. The Morgan fingerprint density at radius 2 is 0.662 bits per heavy atom. The third-order valence-corrected chi connectivity index (χ3v) is 16.4. The Morgan fingerprint density at radius 3 is 0.959 bits per heavy atom. The van der Waals surface area contributed by atoms with Crippen LogP contribution in [0.15, 0.2) is 0 Å². The smallest absolute Gasteiger partial charge is 0.348 e. The van der Waals surface area contributed by atoms with Crippen LogP contribution in [0.25, 0.3) is 0 Å². The first kappa shape index (κ1) is 70.9. The van der Waals surface area contributed by atoms with Crippen LogP contribution in [-0.2, 0) is 23.5 Å². The quantitative estimate of drug-likeness (QED) is 0.0308. The van der Waals surface area contributed by atoms with Crippen LogP contribution in [0.2, 0.25) is 19.6 Å². The number of aliphatic hydroxyl groups excluding tert-OH is 3. The van der Waals surface area contributed by atoms with Crippen LogP contribution in [0.5, 0.6) is 0 Å². The van der Waals surface area contributed by atoms with Crippen LogP contribution in [0.4, 0.5) is 0 Å². The van der Waals surface area contributed by atoms with Gasteiger partial charge in [0.25, 0.3) is 0 Å². The molecule has 0 aromatic carbocycles. The summed E-state index contributed by atoms with van der Waals surface area (Å²) in [4.78, 5) is 31.1. The van der Waals surface area contributed by atoms with Gasteiger partial charge < -0.3 is 29.2 Å². The van der Waals surface area contributed by atoms with E-state index in [1.54, 1.807) is 0 Å². The number of aliphatic hydroxyl groups is 3. The van der Waals surface area contributed by atoms with E-state index in [1.165, 1.54) is 173 Å². The van der Waals surface area contributed by atoms with Gasteiger partial charge in [-0.05, 0) is 96.9 Å². The highest BCUT2D eigenvalue weighted by atomic mass is 28.4. The molecular formula is C63H126N2O8Si. The molecule has 0 spiro atoms. The van der Waals surface area contributed by atoms with Crippen molar-refractivity contribution < 1.29 is 38.8 Å². The molecule has 0 bridgehead atoms. The summed E-state index contributed by atoms with van der Waals surface area (Å²) < 4.78 is 18.3. The van der Waals surface area contributed by atoms with E-state index in [0.717, 1.165) is 83.7 Å². The minimum atomic E-state index is -1.80. The maximum atomic E-state index is 13.3. The Labute approximate surface area is 459 Å². The van der Waals surface area contributed by atoms with Crippen molar-refractivity contribution in [3.8, 4) is 0 Å². The Hall–Kier alpha value is -1.08. The van der Waals surface area contributed by atoms with Crippen LogP contribution in [0, 0.1) is 0 Å². The minimum Gasteiger partial charge on any atom is -0.448 e. The molecule has 11 heteroatoms. The zero-order valence-electron chi connectivity index (χ0n) is 50.2. The molecule has 10 nitrogen and oxygen atoms in total. The molecule has 440 valence electrons. The summed E-state index contributed by atoms with van der Waals surface area (Å²) in [6, 6.07) is 0. The first-order valence-electron chi connectivity index (χ1n) is 32.4. The summed E-state index contributed by atoms with van der Waals surface area (Å²) in [6.45, 7) is 19.9. The number of rotatable bonds is 56. The normalized spacial score (nSPS) is 17.0. The molecule has 74 heavy (non-hydrogen) atoms. The van der Waals surface area contributed by atoms with E-state index in [2.05, 4.69) is 57.1 Å². The third kappa shape index (κ3) is 42.9. The molecule has 0 aromatic heterocycles. The molecule has 1 rings (SSSR count). The van der Waals surface area contributed by atoms with E-state index in [-0.39, 0.29) is 12.2 Å². The molecule has 1 aliphatic heterocycles. The van der Waals surface area contributed by atoms with Crippen molar-refractivity contribution in [1.82, 2.24) is 9.80 Å². The topological polar surface area (TPSA) is 129 Å². The average molecular weight is 1070 g/mol. The molecule has 3 N–H and O–H groups in total. The van der Waals surface area contributed by atoms with Crippen LogP contribution >= 0.6 is 0 Å². The highest BCUT2D eigenvalue weighted by Crippen LogP contribution is 2.23. The van der Waals surface area contributed by atoms with Crippen molar-refractivity contribution >= 4 is 20.3 Å². The zero-order valence-corrected chi connectivity index (χ0v) is 51.2. The largest absolute Gasteiger partial charge is 0.448 e. The fourth-order valence-corrected chi connectivity index (χ4v) is 12.1. The summed E-state index contributed by atoms with van der Waals surface area (Å²) in [5, 5.41) is 33.5. The van der Waals surface area contributed by atoms with Gasteiger partial charge in [-0.15, -0.1) is 0 Å². The van der Waals surface area contributed by atoms with Gasteiger partial charge in [-0.2, -0.15) is 0 Å². The lowest BCUT2D eigenvalue weighted by Gasteiger charge is -2.33. The van der Waals surface area contributed by atoms with Gasteiger partial charge in [-0.25, -0.2) is 9.59 Å². The number of nitrogens with zero attached hydrogens (tertiary/aromatic N) is 2. The molecule has 0 aliphatic carbocycles. The van der Waals surface area contributed by atoms with Gasteiger partial charge in [0.2, 0.25) is 0 Å². The van der Waals surface area contributed by atoms with Gasteiger partial charge in [-0.1, -0.05) is 233 Å². The van der Waals surface area contributed by atoms with Crippen LogP contribution in [-0.4, -0.2) is 121 Å². The van der Waals surface area contributed by atoms with Crippen molar-refractivity contribution in [1.29, 1.82) is 0 Å². The second kappa shape index (κ2) is 49.0. The second-order valence-corrected chi connectivity index (χ2v) is 28.7. The van der Waals surface area contributed by atoms with Crippen molar-refractivity contribution in [2.75, 3.05) is 39.3 Å². The average Bonchev–Trinajstić information content (AvgIpc) is 3.35. The molecule has 1 saturated heterocycles. The van der Waals surface area contributed by atoms with E-state index >= 15 is 0 Å². The molecule has 0 saturated carbocycles. The van der Waals surface area contributed by atoms with Crippen LogP contribution in [0.3, 0.4) is 0 Å². The first-order chi connectivity index (χ1) is 35.8. The molecule has 3 unspecified atom stereocenters. The van der Waals surface area contributed by atoms with Gasteiger partial charge in [-0.3, -0.25) is 9.80 Å². The van der Waals surface area contributed by atoms with Crippen molar-refractivity contribution in [3.05, 3.63) is 0 Å². The Bertz CT molecular complexity index is 1230. The lowest BCUT2D eigenvalue weighted by Crippen LogP contribution is -2.44. The number of ether oxygens (including phenoxy) is 2. The molecule has 6 atom stereocenters. The Kier molecular flexibility index (Phi) is 47.0. The SMILES string of the molecule is CCCCCCCCCCC(CN(CCCCC1OC(=O)C(CCCCN(C[C@H](O)CCCCCCCCCC)C[C@H](O)CCCCCCCCCC)OC1=O)C[C@H](O)CCCCCCCCCC)O[Si](C)(C)C. The maximum Gasteiger partial charge on any atom is 0.348 e. The third-order valence-electron chi connectivity index (χ3n) is 15.4. The fraction of sp³-hybridized carbons (Fsp3) is 0.968. The highest BCUT2D eigenvalue weighted by Gasteiger charge is 2.37. The zero-order chi connectivity index (χ0) is 54.3. The lowest BCUT2D eigenvalue weighted by molar-refractivity contribution is -0.196. The van der Waals surface area contributed by atoms with E-state index in [0.29, 0.717) is 51.9 Å². The van der Waals surface area contributed by atoms with E-state index < -0.39 is 44.7 Å². The van der Waals surface area contributed by atoms with Crippen LogP contribution in [0.1, 0.15) is 297 Å². The van der Waals surface area contributed by atoms with Crippen molar-refractivity contribution in [3.63, 3.8) is 0 Å². The van der Waals surface area contributed by atoms with Gasteiger partial charge in [0.1, 0.15) is 0 Å². The second-order valence-electron chi connectivity index (χ2n) is 24.2. The number of hydrogen-bond donors (Lipinski definition) is 3. The van der Waals surface area contributed by atoms with E-state index in [9.17, 15) is 24.9 Å². The predicted octanol–water partition coefficient (Wildman–Crippen LogP) is 16.2. The number of carbonyl (C=O) groups is 2. The summed E-state index contributed by atoms with van der Waals surface area (Å²) in [6.07, 6.45) is 44.4. The van der Waals surface area contributed by atoms with Gasteiger partial charge in [0.05, 0.1) is 24.4 Å². The summed E-state index contributed by atoms with van der Waals surface area (Å²) >= 11 is 0. The number of cyclic esters (lactones) is 2.